The molecule has 0 N–H and O–H groups in total. The largest absolute Gasteiger partial charge is 0.373 e. The average molecular weight is 258 g/mol. The van der Waals surface area contributed by atoms with Gasteiger partial charge in [0.1, 0.15) is 0 Å². The third kappa shape index (κ3) is 1.64. The van der Waals surface area contributed by atoms with Crippen molar-refractivity contribution in [2.24, 2.45) is 5.92 Å². The summed E-state index contributed by atoms with van der Waals surface area (Å²) < 4.78 is 5.81. The quantitative estimate of drug-likeness (QED) is 0.664. The molecule has 0 amide bonds. The zero-order valence-corrected chi connectivity index (χ0v) is 13.1. The molecule has 0 bridgehead atoms. The van der Waals surface area contributed by atoms with Gasteiger partial charge in [-0.1, -0.05) is 46.8 Å². The molecule has 1 aliphatic heterocycles. The molecule has 0 fully saturated rings. The minimum Gasteiger partial charge on any atom is -0.373 e. The number of rotatable bonds is 0. The Morgan fingerprint density at radius 1 is 1.00 bits per heavy atom. The summed E-state index contributed by atoms with van der Waals surface area (Å²) in [5.41, 5.74) is 6.57. The smallest absolute Gasteiger partial charge is 0.0799 e. The Bertz CT molecular complexity index is 525. The van der Waals surface area contributed by atoms with Crippen molar-refractivity contribution >= 4 is 0 Å². The number of hydrogen-bond acceptors (Lipinski definition) is 1. The third-order valence-corrected chi connectivity index (χ3v) is 6.01. The minimum absolute atomic E-state index is 0.254. The highest BCUT2D eigenvalue weighted by Crippen LogP contribution is 2.54. The molecule has 0 aromatic heterocycles. The summed E-state index contributed by atoms with van der Waals surface area (Å²) in [4.78, 5) is 0. The normalized spacial score (nSPS) is 30.8. The molecule has 1 heteroatoms. The fraction of sp³-hybridized carbons (Fsp3) is 0.667. The molecule has 1 aromatic carbocycles. The molecular weight excluding hydrogens is 232 g/mol. The molecule has 0 saturated carbocycles. The highest BCUT2D eigenvalue weighted by atomic mass is 16.5. The van der Waals surface area contributed by atoms with E-state index in [2.05, 4.69) is 53.7 Å². The van der Waals surface area contributed by atoms with E-state index in [1.807, 2.05) is 0 Å². The highest BCUT2D eigenvalue weighted by Gasteiger charge is 2.48. The van der Waals surface area contributed by atoms with E-state index in [9.17, 15) is 0 Å². The van der Waals surface area contributed by atoms with Crippen LogP contribution in [0.5, 0.6) is 0 Å². The van der Waals surface area contributed by atoms with Crippen molar-refractivity contribution < 1.29 is 4.74 Å². The van der Waals surface area contributed by atoms with Crippen molar-refractivity contribution in [1.29, 1.82) is 0 Å². The second-order valence-electron chi connectivity index (χ2n) is 7.52. The molecule has 1 aromatic rings. The maximum atomic E-state index is 5.81. The van der Waals surface area contributed by atoms with E-state index in [1.54, 1.807) is 11.1 Å². The molecule has 2 atom stereocenters. The number of benzene rings is 1. The summed E-state index contributed by atoms with van der Waals surface area (Å²) in [5, 5.41) is 0. The van der Waals surface area contributed by atoms with Gasteiger partial charge < -0.3 is 4.74 Å². The van der Waals surface area contributed by atoms with Crippen molar-refractivity contribution in [2.45, 2.75) is 64.9 Å². The van der Waals surface area contributed by atoms with Crippen LogP contribution < -0.4 is 0 Å². The van der Waals surface area contributed by atoms with E-state index < -0.39 is 0 Å². The lowest BCUT2D eigenvalue weighted by atomic mass is 9.71. The minimum atomic E-state index is 0.254. The summed E-state index contributed by atoms with van der Waals surface area (Å²) in [6.07, 6.45) is 1.32. The second kappa shape index (κ2) is 3.85. The summed E-state index contributed by atoms with van der Waals surface area (Å²) >= 11 is 0. The highest BCUT2D eigenvalue weighted by molar-refractivity contribution is 5.51. The maximum absolute atomic E-state index is 5.81. The topological polar surface area (TPSA) is 9.23 Å². The van der Waals surface area contributed by atoms with E-state index in [4.69, 9.17) is 4.74 Å². The van der Waals surface area contributed by atoms with Gasteiger partial charge in [0.15, 0.2) is 0 Å². The van der Waals surface area contributed by atoms with Crippen molar-refractivity contribution in [1.82, 2.24) is 0 Å². The Balaban J connectivity index is 2.25. The fourth-order valence-corrected chi connectivity index (χ4v) is 4.13. The van der Waals surface area contributed by atoms with Gasteiger partial charge in [-0.3, -0.25) is 0 Å². The van der Waals surface area contributed by atoms with E-state index in [1.165, 1.54) is 11.1 Å². The van der Waals surface area contributed by atoms with Crippen LogP contribution in [0, 0.1) is 5.92 Å². The predicted molar refractivity (Wildman–Crippen MR) is 79.7 cm³/mol. The van der Waals surface area contributed by atoms with Crippen LogP contribution in [0.25, 0.3) is 0 Å². The molecule has 2 aliphatic rings. The first-order valence-electron chi connectivity index (χ1n) is 7.55. The van der Waals surface area contributed by atoms with E-state index in [-0.39, 0.29) is 16.9 Å². The number of hydrogen-bond donors (Lipinski definition) is 0. The van der Waals surface area contributed by atoms with Gasteiger partial charge in [0.25, 0.3) is 0 Å². The Morgan fingerprint density at radius 2 is 1.58 bits per heavy atom. The lowest BCUT2D eigenvalue weighted by molar-refractivity contribution is 0.0554. The van der Waals surface area contributed by atoms with Crippen LogP contribution in [0.15, 0.2) is 12.1 Å². The average Bonchev–Trinajstić information content (AvgIpc) is 2.48. The molecule has 104 valence electrons. The van der Waals surface area contributed by atoms with E-state index in [0.29, 0.717) is 5.92 Å². The van der Waals surface area contributed by atoms with Crippen LogP contribution in [0.2, 0.25) is 0 Å². The van der Waals surface area contributed by atoms with E-state index >= 15 is 0 Å². The predicted octanol–water partition coefficient (Wildman–Crippen LogP) is 4.53. The van der Waals surface area contributed by atoms with Gasteiger partial charge in [-0.15, -0.1) is 0 Å². The van der Waals surface area contributed by atoms with Crippen molar-refractivity contribution in [3.05, 3.63) is 34.4 Å². The number of ether oxygens (including phenoxy) is 1. The Kier molecular flexibility index (Phi) is 2.67. The number of fused-ring (bicyclic) bond motifs is 2. The molecule has 0 spiro atoms. The maximum Gasteiger partial charge on any atom is 0.0799 e. The summed E-state index contributed by atoms with van der Waals surface area (Å²) in [6.45, 7) is 15.0. The monoisotopic (exact) mass is 258 g/mol. The van der Waals surface area contributed by atoms with Gasteiger partial charge in [0, 0.05) is 0 Å². The first-order chi connectivity index (χ1) is 8.76. The molecule has 3 rings (SSSR count). The lowest BCUT2D eigenvalue weighted by Crippen LogP contribution is -2.30. The zero-order valence-electron chi connectivity index (χ0n) is 13.1. The van der Waals surface area contributed by atoms with Gasteiger partial charge in [-0.2, -0.15) is 0 Å². The van der Waals surface area contributed by atoms with Gasteiger partial charge in [-0.25, -0.2) is 0 Å². The molecule has 0 radical (unpaired) electrons. The van der Waals surface area contributed by atoms with Crippen LogP contribution >= 0.6 is 0 Å². The SMILES string of the molecule is C[C@@H]1C(C)(C)c2cc3c(cc2C1(C)C)[C@@H](C)OCC3. The Morgan fingerprint density at radius 3 is 2.21 bits per heavy atom. The Labute approximate surface area is 117 Å². The van der Waals surface area contributed by atoms with Crippen molar-refractivity contribution in [3.8, 4) is 0 Å². The van der Waals surface area contributed by atoms with Crippen LogP contribution in [0.3, 0.4) is 0 Å². The van der Waals surface area contributed by atoms with Crippen LogP contribution in [-0.2, 0) is 22.0 Å². The third-order valence-electron chi connectivity index (χ3n) is 6.01. The zero-order chi connectivity index (χ0) is 14.0. The molecule has 0 saturated heterocycles. The summed E-state index contributed by atoms with van der Waals surface area (Å²) in [7, 11) is 0. The van der Waals surface area contributed by atoms with Crippen LogP contribution in [0.1, 0.15) is 69.9 Å². The van der Waals surface area contributed by atoms with E-state index in [0.717, 1.165) is 13.0 Å². The van der Waals surface area contributed by atoms with Crippen molar-refractivity contribution in [2.75, 3.05) is 6.61 Å². The first kappa shape index (κ1) is 13.2. The van der Waals surface area contributed by atoms with Crippen LogP contribution in [0.4, 0.5) is 0 Å². The fourth-order valence-electron chi connectivity index (χ4n) is 4.13. The van der Waals surface area contributed by atoms with Gasteiger partial charge in [-0.05, 0) is 52.3 Å². The van der Waals surface area contributed by atoms with Crippen molar-refractivity contribution in [3.63, 3.8) is 0 Å². The summed E-state index contributed by atoms with van der Waals surface area (Å²) in [6, 6.07) is 4.93. The molecule has 1 nitrogen and oxygen atoms in total. The van der Waals surface area contributed by atoms with Gasteiger partial charge in [0.2, 0.25) is 0 Å². The standard InChI is InChI=1S/C18H26O/c1-11-14-10-16-15(9-13(14)7-8-19-11)17(3,4)12(2)18(16,5)6/h9-12H,7-8H2,1-6H3/t11-,12-/m1/s1. The van der Waals surface area contributed by atoms with Gasteiger partial charge >= 0.3 is 0 Å². The molecule has 19 heavy (non-hydrogen) atoms. The molecule has 0 unspecified atom stereocenters. The van der Waals surface area contributed by atoms with Crippen LogP contribution in [-0.4, -0.2) is 6.61 Å². The lowest BCUT2D eigenvalue weighted by Gasteiger charge is -2.32. The summed E-state index contributed by atoms with van der Waals surface area (Å²) in [5.74, 6) is 0.662. The first-order valence-corrected chi connectivity index (χ1v) is 7.55. The molecule has 1 aliphatic carbocycles. The Hall–Kier alpha value is -0.820. The molecule has 1 heterocycles. The molecular formula is C18H26O. The van der Waals surface area contributed by atoms with Gasteiger partial charge in [0.05, 0.1) is 12.7 Å². The second-order valence-corrected chi connectivity index (χ2v) is 7.52.